The highest BCUT2D eigenvalue weighted by molar-refractivity contribution is 8.15. The third-order valence-electron chi connectivity index (χ3n) is 3.40. The molecular formula is C17H22N4O4S. The van der Waals surface area contributed by atoms with Gasteiger partial charge in [0.05, 0.1) is 11.9 Å². The fourth-order valence-electron chi connectivity index (χ4n) is 2.01. The maximum absolute atomic E-state index is 5.43. The normalized spacial score (nSPS) is 16.7. The van der Waals surface area contributed by atoms with E-state index in [0.29, 0.717) is 23.1 Å². The van der Waals surface area contributed by atoms with Gasteiger partial charge in [0.25, 0.3) is 0 Å². The monoisotopic (exact) mass is 378 g/mol. The first-order valence-electron chi connectivity index (χ1n) is 7.98. The molecule has 1 atom stereocenters. The summed E-state index contributed by atoms with van der Waals surface area (Å²) in [6, 6.07) is 7.63. The number of rotatable bonds is 8. The second kappa shape index (κ2) is 10.4. The molecule has 8 nitrogen and oxygen atoms in total. The highest BCUT2D eigenvalue weighted by Gasteiger charge is 2.20. The number of benzene rings is 1. The molecule has 0 spiro atoms. The lowest BCUT2D eigenvalue weighted by Crippen LogP contribution is -2.20. The molecule has 1 aromatic rings. The average Bonchev–Trinajstić information content (AvgIpc) is 2.67. The van der Waals surface area contributed by atoms with Crippen molar-refractivity contribution in [1.82, 2.24) is 0 Å². The molecule has 1 heterocycles. The third-order valence-corrected chi connectivity index (χ3v) is 4.31. The van der Waals surface area contributed by atoms with Gasteiger partial charge in [0.15, 0.2) is 11.1 Å². The minimum Gasteiger partial charge on any atom is -0.399 e. The van der Waals surface area contributed by atoms with Gasteiger partial charge >= 0.3 is 0 Å². The number of oxime groups is 4. The van der Waals surface area contributed by atoms with E-state index >= 15 is 0 Å². The molecule has 0 saturated carbocycles. The first-order chi connectivity index (χ1) is 12.7. The van der Waals surface area contributed by atoms with Crippen molar-refractivity contribution in [2.75, 3.05) is 26.6 Å². The minimum absolute atomic E-state index is 0.308. The summed E-state index contributed by atoms with van der Waals surface area (Å²) in [6.45, 7) is 4.22. The predicted octanol–water partition coefficient (Wildman–Crippen LogP) is 2.88. The largest absolute Gasteiger partial charge is 0.399 e. The van der Waals surface area contributed by atoms with Gasteiger partial charge in [0.2, 0.25) is 0 Å². The van der Waals surface area contributed by atoms with E-state index in [0.717, 1.165) is 16.9 Å². The molecule has 0 fully saturated rings. The van der Waals surface area contributed by atoms with Crippen LogP contribution in [-0.4, -0.2) is 55.4 Å². The summed E-state index contributed by atoms with van der Waals surface area (Å²) < 4.78 is 0. The van der Waals surface area contributed by atoms with Gasteiger partial charge in [0, 0.05) is 16.9 Å². The van der Waals surface area contributed by atoms with Crippen molar-refractivity contribution in [3.8, 4) is 0 Å². The highest BCUT2D eigenvalue weighted by Crippen LogP contribution is 2.18. The van der Waals surface area contributed by atoms with Gasteiger partial charge in [-0.05, 0) is 13.8 Å². The van der Waals surface area contributed by atoms with Crippen LogP contribution in [-0.2, 0) is 19.4 Å². The van der Waals surface area contributed by atoms with Crippen molar-refractivity contribution in [2.24, 2.45) is 20.6 Å². The lowest BCUT2D eigenvalue weighted by Gasteiger charge is -2.14. The summed E-state index contributed by atoms with van der Waals surface area (Å²) in [6.07, 6.45) is 1.31. The molecule has 0 N–H and O–H groups in total. The molecule has 9 heteroatoms. The van der Waals surface area contributed by atoms with Crippen LogP contribution in [0, 0.1) is 0 Å². The molecule has 26 heavy (non-hydrogen) atoms. The second-order valence-corrected chi connectivity index (χ2v) is 6.27. The van der Waals surface area contributed by atoms with Crippen molar-refractivity contribution in [1.29, 1.82) is 0 Å². The standard InChI is InChI=1S/C17H22N4O4S/c1-12(19-22-3)13(2)25-18-11-14-7-5-6-8-15(14)16(20-23-4)17-21-24-9-10-26-17/h5-8,11,13H,9-10H2,1-4H3/b18-11-,19-12?,20-16?. The summed E-state index contributed by atoms with van der Waals surface area (Å²) in [5.41, 5.74) is 2.90. The van der Waals surface area contributed by atoms with Crippen LogP contribution in [0.25, 0.3) is 0 Å². The van der Waals surface area contributed by atoms with Crippen LogP contribution in [0.15, 0.2) is 44.9 Å². The molecule has 0 saturated heterocycles. The quantitative estimate of drug-likeness (QED) is 0.513. The zero-order valence-corrected chi connectivity index (χ0v) is 16.0. The maximum atomic E-state index is 5.43. The number of hydrogen-bond acceptors (Lipinski definition) is 9. The molecule has 1 aliphatic rings. The fraction of sp³-hybridized carbons (Fsp3) is 0.412. The minimum atomic E-state index is -0.308. The van der Waals surface area contributed by atoms with E-state index in [1.165, 1.54) is 14.2 Å². The highest BCUT2D eigenvalue weighted by atomic mass is 32.2. The van der Waals surface area contributed by atoms with Crippen LogP contribution in [0.2, 0.25) is 0 Å². The topological polar surface area (TPSA) is 86.4 Å². The Morgan fingerprint density at radius 3 is 2.73 bits per heavy atom. The van der Waals surface area contributed by atoms with Crippen LogP contribution in [0.3, 0.4) is 0 Å². The summed E-state index contributed by atoms with van der Waals surface area (Å²) in [5, 5.41) is 16.8. The molecule has 0 bridgehead atoms. The Morgan fingerprint density at radius 2 is 2.04 bits per heavy atom. The van der Waals surface area contributed by atoms with Gasteiger partial charge in [-0.1, -0.05) is 56.7 Å². The smallest absolute Gasteiger partial charge is 0.165 e. The number of thioether (sulfide) groups is 1. The van der Waals surface area contributed by atoms with E-state index in [1.54, 1.807) is 24.9 Å². The maximum Gasteiger partial charge on any atom is 0.165 e. The summed E-state index contributed by atoms with van der Waals surface area (Å²) >= 11 is 1.56. The van der Waals surface area contributed by atoms with Gasteiger partial charge in [0.1, 0.15) is 26.5 Å². The summed E-state index contributed by atoms with van der Waals surface area (Å²) in [7, 11) is 2.98. The van der Waals surface area contributed by atoms with Crippen LogP contribution in [0.5, 0.6) is 0 Å². The Balaban J connectivity index is 2.23. The van der Waals surface area contributed by atoms with Crippen molar-refractivity contribution >= 4 is 34.4 Å². The lowest BCUT2D eigenvalue weighted by molar-refractivity contribution is 0.114. The first-order valence-corrected chi connectivity index (χ1v) is 8.96. The summed E-state index contributed by atoms with van der Waals surface area (Å²) in [4.78, 5) is 20.3. The van der Waals surface area contributed by atoms with Crippen molar-refractivity contribution < 1.29 is 19.4 Å². The molecule has 1 aliphatic heterocycles. The molecule has 0 amide bonds. The van der Waals surface area contributed by atoms with Gasteiger partial charge in [-0.3, -0.25) is 0 Å². The molecular weight excluding hydrogens is 356 g/mol. The molecule has 1 aromatic carbocycles. The van der Waals surface area contributed by atoms with Crippen molar-refractivity contribution in [3.63, 3.8) is 0 Å². The molecule has 0 aliphatic carbocycles. The second-order valence-electron chi connectivity index (χ2n) is 5.19. The molecule has 140 valence electrons. The van der Waals surface area contributed by atoms with Gasteiger partial charge in [-0.25, -0.2) is 0 Å². The lowest BCUT2D eigenvalue weighted by atomic mass is 10.0. The first kappa shape index (κ1) is 19.8. The Labute approximate surface area is 156 Å². The fourth-order valence-corrected chi connectivity index (χ4v) is 2.75. The Kier molecular flexibility index (Phi) is 7.94. The number of hydrogen-bond donors (Lipinski definition) is 0. The van der Waals surface area contributed by atoms with Crippen LogP contribution >= 0.6 is 11.8 Å². The van der Waals surface area contributed by atoms with Crippen LogP contribution < -0.4 is 0 Å². The SMILES string of the molecule is CON=C(C1=NOCCS1)c1ccccc1/C=N\OC(C)C(C)=NOC. The van der Waals surface area contributed by atoms with E-state index in [9.17, 15) is 0 Å². The summed E-state index contributed by atoms with van der Waals surface area (Å²) in [5.74, 6) is 0.802. The van der Waals surface area contributed by atoms with Gasteiger partial charge in [-0.15, -0.1) is 0 Å². The van der Waals surface area contributed by atoms with Crippen molar-refractivity contribution in [3.05, 3.63) is 35.4 Å². The van der Waals surface area contributed by atoms with Gasteiger partial charge < -0.3 is 19.4 Å². The van der Waals surface area contributed by atoms with Crippen molar-refractivity contribution in [2.45, 2.75) is 20.0 Å². The van der Waals surface area contributed by atoms with E-state index < -0.39 is 0 Å². The Hall–Kier alpha value is -2.55. The third kappa shape index (κ3) is 5.48. The van der Waals surface area contributed by atoms with E-state index in [4.69, 9.17) is 19.4 Å². The van der Waals surface area contributed by atoms with E-state index in [-0.39, 0.29) is 6.10 Å². The molecule has 0 radical (unpaired) electrons. The zero-order valence-electron chi connectivity index (χ0n) is 15.2. The van der Waals surface area contributed by atoms with Gasteiger partial charge in [-0.2, -0.15) is 0 Å². The van der Waals surface area contributed by atoms with E-state index in [1.807, 2.05) is 31.2 Å². The zero-order chi connectivity index (χ0) is 18.8. The van der Waals surface area contributed by atoms with E-state index in [2.05, 4.69) is 20.6 Å². The number of nitrogens with zero attached hydrogens (tertiary/aromatic N) is 4. The molecule has 1 unspecified atom stereocenters. The van der Waals surface area contributed by atoms with Crippen LogP contribution in [0.4, 0.5) is 0 Å². The Bertz CT molecular complexity index is 718. The predicted molar refractivity (Wildman–Crippen MR) is 104 cm³/mol. The molecule has 2 rings (SSSR count). The molecule has 0 aromatic heterocycles. The Morgan fingerprint density at radius 1 is 1.27 bits per heavy atom. The average molecular weight is 378 g/mol. The van der Waals surface area contributed by atoms with Crippen LogP contribution in [0.1, 0.15) is 25.0 Å².